The number of halogens is 2. The van der Waals surface area contributed by atoms with E-state index in [1.807, 2.05) is 33.8 Å². The van der Waals surface area contributed by atoms with Crippen LogP contribution in [0.1, 0.15) is 26.5 Å². The van der Waals surface area contributed by atoms with Crippen LogP contribution in [0.4, 0.5) is 4.39 Å². The van der Waals surface area contributed by atoms with Crippen LogP contribution in [-0.2, 0) is 6.54 Å². The third-order valence-electron chi connectivity index (χ3n) is 2.24. The fourth-order valence-electron chi connectivity index (χ4n) is 1.65. The van der Waals surface area contributed by atoms with Gasteiger partial charge in [-0.25, -0.2) is 4.39 Å². The molecule has 0 saturated carbocycles. The van der Waals surface area contributed by atoms with E-state index in [-0.39, 0.29) is 5.82 Å². The molecule has 16 heavy (non-hydrogen) atoms. The maximum atomic E-state index is 13.6. The van der Waals surface area contributed by atoms with Crippen molar-refractivity contribution in [3.63, 3.8) is 0 Å². The molecule has 0 saturated heterocycles. The highest BCUT2D eigenvalue weighted by Gasteiger charge is 2.11. The minimum absolute atomic E-state index is 0.216. The van der Waals surface area contributed by atoms with Gasteiger partial charge < -0.3 is 0 Å². The molecule has 1 aromatic heterocycles. The first-order chi connectivity index (χ1) is 7.63. The molecule has 0 spiro atoms. The monoisotopic (exact) mass is 286 g/mol. The highest BCUT2D eigenvalue weighted by Crippen LogP contribution is 2.25. The maximum absolute atomic E-state index is 13.6. The lowest BCUT2D eigenvalue weighted by atomic mass is 10.2. The average Bonchev–Trinajstić information content (AvgIpc) is 2.58. The Morgan fingerprint density at radius 2 is 2.00 bits per heavy atom. The molecule has 4 heteroatoms. The smallest absolute Gasteiger partial charge is 0.135 e. The molecule has 0 unspecified atom stereocenters. The Labute approximate surface area is 104 Å². The van der Waals surface area contributed by atoms with Crippen LogP contribution in [0.2, 0.25) is 0 Å². The van der Waals surface area contributed by atoms with E-state index < -0.39 is 0 Å². The van der Waals surface area contributed by atoms with E-state index in [4.69, 9.17) is 0 Å². The van der Waals surface area contributed by atoms with Crippen molar-refractivity contribution >= 4 is 26.8 Å². The van der Waals surface area contributed by atoms with Crippen molar-refractivity contribution in [1.82, 2.24) is 9.78 Å². The molecule has 0 aliphatic rings. The molecule has 0 amide bonds. The van der Waals surface area contributed by atoms with E-state index in [1.165, 1.54) is 6.07 Å². The Bertz CT molecular complexity index is 491. The number of hydrogen-bond donors (Lipinski definition) is 0. The molecule has 0 aliphatic heterocycles. The molecular weight excluding hydrogens is 271 g/mol. The molecule has 0 radical (unpaired) electrons. The summed E-state index contributed by atoms with van der Waals surface area (Å²) in [6, 6.07) is 3.36. The highest BCUT2D eigenvalue weighted by molar-refractivity contribution is 9.10. The number of benzene rings is 1. The molecular formula is C12H16BrFN2. The number of rotatable bonds is 1. The lowest BCUT2D eigenvalue weighted by molar-refractivity contribution is 0.638. The summed E-state index contributed by atoms with van der Waals surface area (Å²) in [7, 11) is 0. The molecule has 0 N–H and O–H groups in total. The van der Waals surface area contributed by atoms with Crippen LogP contribution in [0.15, 0.2) is 16.6 Å². The largest absolute Gasteiger partial charge is 0.265 e. The van der Waals surface area contributed by atoms with Crippen molar-refractivity contribution in [1.29, 1.82) is 0 Å². The van der Waals surface area contributed by atoms with E-state index in [0.717, 1.165) is 22.2 Å². The average molecular weight is 287 g/mol. The number of hydrogen-bond acceptors (Lipinski definition) is 1. The first-order valence-electron chi connectivity index (χ1n) is 5.45. The molecule has 0 bridgehead atoms. The summed E-state index contributed by atoms with van der Waals surface area (Å²) in [6.45, 7) is 8.57. The molecule has 1 aromatic carbocycles. The van der Waals surface area contributed by atoms with Gasteiger partial charge in [-0.15, -0.1) is 0 Å². The topological polar surface area (TPSA) is 17.8 Å². The van der Waals surface area contributed by atoms with Crippen LogP contribution >= 0.6 is 15.9 Å². The van der Waals surface area contributed by atoms with Crippen molar-refractivity contribution in [2.45, 2.75) is 34.2 Å². The Kier molecular flexibility index (Phi) is 4.47. The first-order valence-corrected chi connectivity index (χ1v) is 6.25. The van der Waals surface area contributed by atoms with Crippen LogP contribution in [0.5, 0.6) is 0 Å². The van der Waals surface area contributed by atoms with E-state index >= 15 is 0 Å². The Balaban J connectivity index is 0.000000606. The van der Waals surface area contributed by atoms with Crippen LogP contribution in [0, 0.1) is 12.7 Å². The van der Waals surface area contributed by atoms with Crippen LogP contribution in [0.25, 0.3) is 10.9 Å². The molecule has 2 aromatic rings. The highest BCUT2D eigenvalue weighted by atomic mass is 79.9. The van der Waals surface area contributed by atoms with Gasteiger partial charge >= 0.3 is 0 Å². The fourth-order valence-corrected chi connectivity index (χ4v) is 2.07. The normalized spacial score (nSPS) is 10.1. The van der Waals surface area contributed by atoms with Crippen molar-refractivity contribution in [3.05, 3.63) is 28.1 Å². The van der Waals surface area contributed by atoms with Crippen LogP contribution in [0.3, 0.4) is 0 Å². The van der Waals surface area contributed by atoms with Gasteiger partial charge in [0.2, 0.25) is 0 Å². The van der Waals surface area contributed by atoms with Crippen molar-refractivity contribution in [2.24, 2.45) is 0 Å². The summed E-state index contributed by atoms with van der Waals surface area (Å²) in [6.07, 6.45) is 0. The van der Waals surface area contributed by atoms with Gasteiger partial charge in [-0.2, -0.15) is 5.10 Å². The number of aromatic nitrogens is 2. The summed E-state index contributed by atoms with van der Waals surface area (Å²) >= 11 is 3.27. The van der Waals surface area contributed by atoms with Gasteiger partial charge in [0.1, 0.15) is 5.82 Å². The molecule has 2 rings (SSSR count). The standard InChI is InChI=1S/C10H10BrFN2.C2H6/c1-3-14-9-5-7(11)4-8(12)10(9)6(2)13-14;1-2/h4-5H,3H2,1-2H3;1-2H3. The lowest BCUT2D eigenvalue weighted by Gasteiger charge is -1.99. The van der Waals surface area contributed by atoms with Crippen molar-refractivity contribution < 1.29 is 4.39 Å². The maximum Gasteiger partial charge on any atom is 0.135 e. The summed E-state index contributed by atoms with van der Waals surface area (Å²) < 4.78 is 16.1. The lowest BCUT2D eigenvalue weighted by Crippen LogP contribution is -1.95. The third-order valence-corrected chi connectivity index (χ3v) is 2.70. The number of fused-ring (bicyclic) bond motifs is 1. The van der Waals surface area contributed by atoms with Gasteiger partial charge in [0.05, 0.1) is 16.6 Å². The number of aryl methyl sites for hydroxylation is 2. The third kappa shape index (κ3) is 2.26. The number of nitrogens with zero attached hydrogens (tertiary/aromatic N) is 2. The predicted molar refractivity (Wildman–Crippen MR) is 69.2 cm³/mol. The van der Waals surface area contributed by atoms with Gasteiger partial charge in [-0.1, -0.05) is 29.8 Å². The van der Waals surface area contributed by atoms with Gasteiger partial charge in [0.25, 0.3) is 0 Å². The molecule has 0 fully saturated rings. The Morgan fingerprint density at radius 1 is 1.38 bits per heavy atom. The Hall–Kier alpha value is -0.900. The zero-order chi connectivity index (χ0) is 12.3. The Morgan fingerprint density at radius 3 is 2.56 bits per heavy atom. The quantitative estimate of drug-likeness (QED) is 0.765. The summed E-state index contributed by atoms with van der Waals surface area (Å²) in [5.74, 6) is -0.216. The zero-order valence-electron chi connectivity index (χ0n) is 10.0. The zero-order valence-corrected chi connectivity index (χ0v) is 11.6. The molecule has 88 valence electrons. The minimum atomic E-state index is -0.216. The second-order valence-electron chi connectivity index (χ2n) is 3.18. The van der Waals surface area contributed by atoms with E-state index in [1.54, 1.807) is 4.68 Å². The second kappa shape index (κ2) is 5.43. The van der Waals surface area contributed by atoms with Crippen LogP contribution < -0.4 is 0 Å². The van der Waals surface area contributed by atoms with Gasteiger partial charge in [-0.3, -0.25) is 4.68 Å². The fraction of sp³-hybridized carbons (Fsp3) is 0.417. The van der Waals surface area contributed by atoms with Gasteiger partial charge in [0.15, 0.2) is 0 Å². The summed E-state index contributed by atoms with van der Waals surface area (Å²) in [4.78, 5) is 0. The SMILES string of the molecule is CC.CCn1nc(C)c2c(F)cc(Br)cc21. The van der Waals surface area contributed by atoms with Gasteiger partial charge in [0, 0.05) is 11.0 Å². The minimum Gasteiger partial charge on any atom is -0.265 e. The molecule has 0 aliphatic carbocycles. The molecule has 2 nitrogen and oxygen atoms in total. The van der Waals surface area contributed by atoms with E-state index in [2.05, 4.69) is 21.0 Å². The van der Waals surface area contributed by atoms with Gasteiger partial charge in [-0.05, 0) is 26.0 Å². The molecule has 0 atom stereocenters. The summed E-state index contributed by atoms with van der Waals surface area (Å²) in [5, 5.41) is 4.89. The van der Waals surface area contributed by atoms with Crippen LogP contribution in [-0.4, -0.2) is 9.78 Å². The molecule has 1 heterocycles. The first kappa shape index (κ1) is 13.2. The summed E-state index contributed by atoms with van der Waals surface area (Å²) in [5.41, 5.74) is 1.59. The van der Waals surface area contributed by atoms with Crippen molar-refractivity contribution in [3.8, 4) is 0 Å². The van der Waals surface area contributed by atoms with Crippen molar-refractivity contribution in [2.75, 3.05) is 0 Å². The van der Waals surface area contributed by atoms with E-state index in [9.17, 15) is 4.39 Å². The second-order valence-corrected chi connectivity index (χ2v) is 4.10. The van der Waals surface area contributed by atoms with E-state index in [0.29, 0.717) is 5.39 Å². The predicted octanol–water partition coefficient (Wildman–Crippen LogP) is 4.29.